The Morgan fingerprint density at radius 2 is 2.29 bits per heavy atom. The Morgan fingerprint density at radius 3 is 2.90 bits per heavy atom. The number of terminal acetylenes is 1. The summed E-state index contributed by atoms with van der Waals surface area (Å²) in [5.74, 6) is 3.13. The van der Waals surface area contributed by atoms with Crippen LogP contribution in [0.1, 0.15) is 22.5 Å². The Hall–Kier alpha value is -1.51. The maximum absolute atomic E-state index is 12.7. The average Bonchev–Trinajstić information content (AvgIpc) is 3.21. The van der Waals surface area contributed by atoms with Gasteiger partial charge in [-0.3, -0.25) is 4.79 Å². The number of halogens is 1. The molecule has 1 heterocycles. The summed E-state index contributed by atoms with van der Waals surface area (Å²) in [5, 5.41) is 0.915. The molecule has 108 valence electrons. The van der Waals surface area contributed by atoms with Crippen molar-refractivity contribution in [2.24, 2.45) is 5.92 Å². The lowest BCUT2D eigenvalue weighted by molar-refractivity contribution is 0.0775. The summed E-state index contributed by atoms with van der Waals surface area (Å²) in [7, 11) is 0. The van der Waals surface area contributed by atoms with Crippen molar-refractivity contribution >= 4 is 48.9 Å². The van der Waals surface area contributed by atoms with Crippen LogP contribution in [0.25, 0.3) is 10.1 Å². The molecule has 1 saturated carbocycles. The normalized spacial score (nSPS) is 14.1. The Morgan fingerprint density at radius 1 is 1.52 bits per heavy atom. The number of nitrogens with two attached hydrogens (primary N) is 1. The zero-order chi connectivity index (χ0) is 15.0. The molecule has 1 fully saturated rings. The molecule has 2 N–H and O–H groups in total. The molecule has 3 rings (SSSR count). The van der Waals surface area contributed by atoms with Crippen LogP contribution in [0.5, 0.6) is 0 Å². The molecule has 5 heteroatoms. The molecule has 2 aromatic rings. The Kier molecular flexibility index (Phi) is 3.92. The summed E-state index contributed by atoms with van der Waals surface area (Å²) in [5.41, 5.74) is 6.75. The number of amides is 1. The molecule has 0 saturated heterocycles. The second-order valence-electron chi connectivity index (χ2n) is 5.29. The first kappa shape index (κ1) is 14.4. The molecular weight excluding hydrogens is 348 g/mol. The first-order valence-electron chi connectivity index (χ1n) is 6.81. The fraction of sp³-hybridized carbons (Fsp3) is 0.312. The minimum absolute atomic E-state index is 0.0505. The van der Waals surface area contributed by atoms with Crippen molar-refractivity contribution in [1.29, 1.82) is 0 Å². The smallest absolute Gasteiger partial charge is 0.266 e. The summed E-state index contributed by atoms with van der Waals surface area (Å²) < 4.78 is 1.93. The second kappa shape index (κ2) is 5.70. The van der Waals surface area contributed by atoms with E-state index in [1.807, 2.05) is 18.2 Å². The molecule has 3 nitrogen and oxygen atoms in total. The highest BCUT2D eigenvalue weighted by atomic mass is 79.9. The monoisotopic (exact) mass is 362 g/mol. The van der Waals surface area contributed by atoms with E-state index in [1.165, 1.54) is 24.2 Å². The van der Waals surface area contributed by atoms with Crippen LogP contribution in [0.3, 0.4) is 0 Å². The third kappa shape index (κ3) is 2.78. The summed E-state index contributed by atoms with van der Waals surface area (Å²) >= 11 is 4.93. The number of nitrogen functional groups attached to an aromatic ring is 1. The predicted octanol–water partition coefficient (Wildman–Crippen LogP) is 3.73. The van der Waals surface area contributed by atoms with Crippen LogP contribution in [-0.4, -0.2) is 23.9 Å². The van der Waals surface area contributed by atoms with Gasteiger partial charge in [-0.1, -0.05) is 27.9 Å². The topological polar surface area (TPSA) is 46.3 Å². The number of nitrogens with zero attached hydrogens (tertiary/aromatic N) is 1. The van der Waals surface area contributed by atoms with Crippen LogP contribution in [0.4, 0.5) is 5.69 Å². The van der Waals surface area contributed by atoms with Crippen molar-refractivity contribution in [2.75, 3.05) is 18.8 Å². The van der Waals surface area contributed by atoms with Gasteiger partial charge in [0.1, 0.15) is 4.88 Å². The number of hydrogen-bond donors (Lipinski definition) is 1. The maximum atomic E-state index is 12.7. The van der Waals surface area contributed by atoms with Crippen LogP contribution >= 0.6 is 27.3 Å². The van der Waals surface area contributed by atoms with Gasteiger partial charge in [0.15, 0.2) is 0 Å². The quantitative estimate of drug-likeness (QED) is 0.842. The van der Waals surface area contributed by atoms with Gasteiger partial charge in [-0.25, -0.2) is 0 Å². The maximum Gasteiger partial charge on any atom is 0.266 e. The summed E-state index contributed by atoms with van der Waals surface area (Å²) in [6.07, 6.45) is 7.76. The Balaban J connectivity index is 1.98. The highest BCUT2D eigenvalue weighted by Crippen LogP contribution is 2.39. The van der Waals surface area contributed by atoms with Crippen molar-refractivity contribution in [3.8, 4) is 12.3 Å². The van der Waals surface area contributed by atoms with Crippen molar-refractivity contribution in [3.05, 3.63) is 27.5 Å². The van der Waals surface area contributed by atoms with Gasteiger partial charge in [0.25, 0.3) is 5.91 Å². The van der Waals surface area contributed by atoms with Crippen LogP contribution in [0.2, 0.25) is 0 Å². The average molecular weight is 363 g/mol. The number of carbonyl (C=O) groups excluding carboxylic acids is 1. The SMILES string of the molecule is C#CCN(CC1CC1)C(=O)c1sc2cccc(Br)c2c1N. The predicted molar refractivity (Wildman–Crippen MR) is 91.4 cm³/mol. The van der Waals surface area contributed by atoms with Gasteiger partial charge in [0.2, 0.25) is 0 Å². The van der Waals surface area contributed by atoms with Gasteiger partial charge in [0.05, 0.1) is 12.2 Å². The van der Waals surface area contributed by atoms with E-state index in [9.17, 15) is 4.79 Å². The number of benzene rings is 1. The lowest BCUT2D eigenvalue weighted by atomic mass is 10.2. The van der Waals surface area contributed by atoms with Gasteiger partial charge in [-0.05, 0) is 30.9 Å². The van der Waals surface area contributed by atoms with Crippen molar-refractivity contribution < 1.29 is 4.79 Å². The molecular formula is C16H15BrN2OS. The number of carbonyl (C=O) groups is 1. The van der Waals surface area contributed by atoms with E-state index in [-0.39, 0.29) is 5.91 Å². The van der Waals surface area contributed by atoms with Crippen LogP contribution in [-0.2, 0) is 0 Å². The lowest BCUT2D eigenvalue weighted by Crippen LogP contribution is -2.33. The number of fused-ring (bicyclic) bond motifs is 1. The number of anilines is 1. The van der Waals surface area contributed by atoms with Gasteiger partial charge in [-0.2, -0.15) is 0 Å². The number of rotatable bonds is 4. The van der Waals surface area contributed by atoms with E-state index in [2.05, 4.69) is 21.9 Å². The molecule has 0 atom stereocenters. The zero-order valence-corrected chi connectivity index (χ0v) is 13.8. The molecule has 1 aromatic carbocycles. The lowest BCUT2D eigenvalue weighted by Gasteiger charge is -2.19. The summed E-state index contributed by atoms with van der Waals surface area (Å²) in [6.45, 7) is 1.07. The minimum Gasteiger partial charge on any atom is -0.397 e. The van der Waals surface area contributed by atoms with Crippen LogP contribution in [0.15, 0.2) is 22.7 Å². The molecule has 0 spiro atoms. The Bertz CT molecular complexity index is 743. The standard InChI is InChI=1S/C16H15BrN2OS/c1-2-8-19(9-10-6-7-10)16(20)15-14(18)13-11(17)4-3-5-12(13)21-15/h1,3-5,10H,6-9,18H2. The zero-order valence-electron chi connectivity index (χ0n) is 11.4. The molecule has 0 bridgehead atoms. The van der Waals surface area contributed by atoms with Crippen molar-refractivity contribution in [1.82, 2.24) is 4.90 Å². The third-order valence-electron chi connectivity index (χ3n) is 3.64. The van der Waals surface area contributed by atoms with Gasteiger partial charge < -0.3 is 10.6 Å². The van der Waals surface area contributed by atoms with Gasteiger partial charge >= 0.3 is 0 Å². The van der Waals surface area contributed by atoms with E-state index in [1.54, 1.807) is 4.90 Å². The summed E-state index contributed by atoms with van der Waals surface area (Å²) in [6, 6.07) is 5.85. The highest BCUT2D eigenvalue weighted by Gasteiger charge is 2.29. The van der Waals surface area contributed by atoms with Crippen molar-refractivity contribution in [3.63, 3.8) is 0 Å². The molecule has 1 amide bonds. The molecule has 0 unspecified atom stereocenters. The molecule has 1 aliphatic carbocycles. The summed E-state index contributed by atoms with van der Waals surface area (Å²) in [4.78, 5) is 15.1. The van der Waals surface area contributed by atoms with Crippen LogP contribution in [0, 0.1) is 18.3 Å². The highest BCUT2D eigenvalue weighted by molar-refractivity contribution is 9.10. The molecule has 0 aliphatic heterocycles. The van der Waals surface area contributed by atoms with E-state index in [4.69, 9.17) is 12.2 Å². The first-order chi connectivity index (χ1) is 10.1. The van der Waals surface area contributed by atoms with E-state index in [0.29, 0.717) is 23.0 Å². The largest absolute Gasteiger partial charge is 0.397 e. The number of hydrogen-bond acceptors (Lipinski definition) is 3. The fourth-order valence-corrected chi connectivity index (χ4v) is 4.20. The van der Waals surface area contributed by atoms with Gasteiger partial charge in [0, 0.05) is 21.1 Å². The van der Waals surface area contributed by atoms with Crippen LogP contribution < -0.4 is 5.73 Å². The van der Waals surface area contributed by atoms with E-state index in [0.717, 1.165) is 21.1 Å². The van der Waals surface area contributed by atoms with Gasteiger partial charge in [-0.15, -0.1) is 17.8 Å². The Labute approximate surface area is 136 Å². The van der Waals surface area contributed by atoms with E-state index < -0.39 is 0 Å². The van der Waals surface area contributed by atoms with Crippen molar-refractivity contribution in [2.45, 2.75) is 12.8 Å². The molecule has 1 aromatic heterocycles. The molecule has 21 heavy (non-hydrogen) atoms. The first-order valence-corrected chi connectivity index (χ1v) is 8.42. The third-order valence-corrected chi connectivity index (χ3v) is 5.46. The molecule has 1 aliphatic rings. The number of thiophene rings is 1. The molecule has 0 radical (unpaired) electrons. The van der Waals surface area contributed by atoms with E-state index >= 15 is 0 Å². The fourth-order valence-electron chi connectivity index (χ4n) is 2.37. The minimum atomic E-state index is -0.0505. The second-order valence-corrected chi connectivity index (χ2v) is 7.20.